The summed E-state index contributed by atoms with van der Waals surface area (Å²) in [7, 11) is -3.63. The molecule has 2 unspecified atom stereocenters. The highest BCUT2D eigenvalue weighted by atomic mass is 32.2. The van der Waals surface area contributed by atoms with E-state index in [2.05, 4.69) is 10.4 Å². The van der Waals surface area contributed by atoms with Crippen LogP contribution in [0.4, 0.5) is 5.69 Å². The smallest absolute Gasteiger partial charge is 0.246 e. The summed E-state index contributed by atoms with van der Waals surface area (Å²) in [6.07, 6.45) is 2.89. The molecule has 1 aliphatic rings. The molecule has 7 nitrogen and oxygen atoms in total. The summed E-state index contributed by atoms with van der Waals surface area (Å²) in [5, 5.41) is 9.54. The molecule has 8 heteroatoms. The zero-order chi connectivity index (χ0) is 14.0. The van der Waals surface area contributed by atoms with Crippen LogP contribution in [0.15, 0.2) is 23.4 Å². The number of aliphatic hydroxyl groups is 1. The van der Waals surface area contributed by atoms with Crippen LogP contribution in [0.1, 0.15) is 13.3 Å². The number of hydrogen-bond acceptors (Lipinski definition) is 6. The monoisotopic (exact) mass is 286 g/mol. The van der Waals surface area contributed by atoms with Crippen molar-refractivity contribution in [1.82, 2.24) is 9.29 Å². The summed E-state index contributed by atoms with van der Waals surface area (Å²) in [6.45, 7) is 2.40. The SMILES string of the molecule is CC(O)C1CCN(S(=O)(=O)c2cnccc2NN)C1. The molecule has 4 N–H and O–H groups in total. The highest BCUT2D eigenvalue weighted by Crippen LogP contribution is 2.28. The molecule has 1 saturated heterocycles. The minimum atomic E-state index is -3.63. The maximum atomic E-state index is 12.5. The van der Waals surface area contributed by atoms with Crippen molar-refractivity contribution in [2.45, 2.75) is 24.3 Å². The van der Waals surface area contributed by atoms with Crippen LogP contribution in [0.5, 0.6) is 0 Å². The maximum Gasteiger partial charge on any atom is 0.246 e. The molecular formula is C11H18N4O3S. The van der Waals surface area contributed by atoms with Gasteiger partial charge in [0.25, 0.3) is 0 Å². The Balaban J connectivity index is 2.29. The first kappa shape index (κ1) is 14.2. The normalized spacial score (nSPS) is 22.4. The highest BCUT2D eigenvalue weighted by Gasteiger charge is 2.35. The van der Waals surface area contributed by atoms with Crippen LogP contribution >= 0.6 is 0 Å². The molecule has 2 heterocycles. The second kappa shape index (κ2) is 5.41. The number of hydrogen-bond donors (Lipinski definition) is 3. The summed E-state index contributed by atoms with van der Waals surface area (Å²) in [4.78, 5) is 3.89. The number of aromatic nitrogens is 1. The Morgan fingerprint density at radius 1 is 1.63 bits per heavy atom. The van der Waals surface area contributed by atoms with Crippen LogP contribution in [0.3, 0.4) is 0 Å². The van der Waals surface area contributed by atoms with E-state index in [1.54, 1.807) is 6.92 Å². The molecule has 106 valence electrons. The van der Waals surface area contributed by atoms with Gasteiger partial charge in [-0.15, -0.1) is 0 Å². The van der Waals surface area contributed by atoms with E-state index in [0.717, 1.165) is 0 Å². The van der Waals surface area contributed by atoms with Crippen LogP contribution in [-0.2, 0) is 10.0 Å². The van der Waals surface area contributed by atoms with Gasteiger partial charge in [-0.2, -0.15) is 4.31 Å². The van der Waals surface area contributed by atoms with E-state index in [-0.39, 0.29) is 10.8 Å². The summed E-state index contributed by atoms with van der Waals surface area (Å²) in [5.41, 5.74) is 2.68. The van der Waals surface area contributed by atoms with Gasteiger partial charge < -0.3 is 10.5 Å². The number of nitrogen functional groups attached to an aromatic ring is 1. The molecule has 19 heavy (non-hydrogen) atoms. The van der Waals surface area contributed by atoms with Crippen LogP contribution in [-0.4, -0.2) is 42.0 Å². The minimum Gasteiger partial charge on any atom is -0.393 e. The van der Waals surface area contributed by atoms with Gasteiger partial charge in [-0.05, 0) is 25.3 Å². The van der Waals surface area contributed by atoms with Crippen LogP contribution < -0.4 is 11.3 Å². The largest absolute Gasteiger partial charge is 0.393 e. The topological polar surface area (TPSA) is 109 Å². The molecule has 0 radical (unpaired) electrons. The molecule has 1 fully saturated rings. The van der Waals surface area contributed by atoms with Crippen molar-refractivity contribution in [3.63, 3.8) is 0 Å². The van der Waals surface area contributed by atoms with E-state index in [1.165, 1.54) is 22.8 Å². The molecule has 0 aliphatic carbocycles. The number of pyridine rings is 1. The molecule has 1 aromatic rings. The molecule has 0 bridgehead atoms. The predicted molar refractivity (Wildman–Crippen MR) is 70.6 cm³/mol. The molecule has 1 aliphatic heterocycles. The molecule has 0 spiro atoms. The first-order valence-corrected chi connectivity index (χ1v) is 7.49. The summed E-state index contributed by atoms with van der Waals surface area (Å²) in [6, 6.07) is 1.51. The van der Waals surface area contributed by atoms with Crippen molar-refractivity contribution in [3.8, 4) is 0 Å². The minimum absolute atomic E-state index is 0.0271. The lowest BCUT2D eigenvalue weighted by Gasteiger charge is -2.19. The van der Waals surface area contributed by atoms with Gasteiger partial charge in [-0.3, -0.25) is 10.8 Å². The number of hydrazine groups is 1. The third-order valence-electron chi connectivity index (χ3n) is 3.43. The Kier molecular flexibility index (Phi) is 4.04. The summed E-state index contributed by atoms with van der Waals surface area (Å²) < 4.78 is 26.3. The third-order valence-corrected chi connectivity index (χ3v) is 5.32. The molecule has 2 rings (SSSR count). The second-order valence-electron chi connectivity index (χ2n) is 4.67. The van der Waals surface area contributed by atoms with Gasteiger partial charge in [-0.1, -0.05) is 0 Å². The average molecular weight is 286 g/mol. The van der Waals surface area contributed by atoms with Crippen molar-refractivity contribution in [2.24, 2.45) is 11.8 Å². The standard InChI is InChI=1S/C11H18N4O3S/c1-8(16)9-3-5-15(7-9)19(17,18)11-6-13-4-2-10(11)14-12/h2,4,6,8-9,16H,3,5,7,12H2,1H3,(H,13,14). The quantitative estimate of drug-likeness (QED) is 0.520. The van der Waals surface area contributed by atoms with Gasteiger partial charge in [0.1, 0.15) is 4.90 Å². The zero-order valence-electron chi connectivity index (χ0n) is 10.7. The fraction of sp³-hybridized carbons (Fsp3) is 0.545. The van der Waals surface area contributed by atoms with Crippen LogP contribution in [0, 0.1) is 5.92 Å². The van der Waals surface area contributed by atoms with E-state index >= 15 is 0 Å². The fourth-order valence-corrected chi connectivity index (χ4v) is 3.82. The Morgan fingerprint density at radius 2 is 2.37 bits per heavy atom. The van der Waals surface area contributed by atoms with Gasteiger partial charge in [0.05, 0.1) is 11.8 Å². The number of nitrogens with two attached hydrogens (primary N) is 1. The molecule has 1 aromatic heterocycles. The van der Waals surface area contributed by atoms with E-state index in [9.17, 15) is 13.5 Å². The fourth-order valence-electron chi connectivity index (χ4n) is 2.21. The maximum absolute atomic E-state index is 12.5. The van der Waals surface area contributed by atoms with Gasteiger partial charge in [0, 0.05) is 25.5 Å². The number of nitrogens with one attached hydrogen (secondary N) is 1. The van der Waals surface area contributed by atoms with E-state index in [4.69, 9.17) is 5.84 Å². The lowest BCUT2D eigenvalue weighted by Crippen LogP contribution is -2.31. The van der Waals surface area contributed by atoms with Gasteiger partial charge in [-0.25, -0.2) is 8.42 Å². The van der Waals surface area contributed by atoms with Crippen LogP contribution in [0.25, 0.3) is 0 Å². The Bertz CT molecular complexity index is 547. The van der Waals surface area contributed by atoms with E-state index < -0.39 is 16.1 Å². The molecule has 0 amide bonds. The number of anilines is 1. The van der Waals surface area contributed by atoms with Crippen molar-refractivity contribution < 1.29 is 13.5 Å². The van der Waals surface area contributed by atoms with Gasteiger partial charge >= 0.3 is 0 Å². The van der Waals surface area contributed by atoms with E-state index in [0.29, 0.717) is 25.2 Å². The first-order valence-electron chi connectivity index (χ1n) is 6.05. The van der Waals surface area contributed by atoms with Gasteiger partial charge in [0.2, 0.25) is 10.0 Å². The van der Waals surface area contributed by atoms with Crippen molar-refractivity contribution in [2.75, 3.05) is 18.5 Å². The molecule has 0 aromatic carbocycles. The first-order chi connectivity index (χ1) is 8.96. The van der Waals surface area contributed by atoms with Crippen molar-refractivity contribution >= 4 is 15.7 Å². The number of sulfonamides is 1. The number of nitrogens with zero attached hydrogens (tertiary/aromatic N) is 2. The van der Waals surface area contributed by atoms with E-state index in [1.807, 2.05) is 0 Å². The second-order valence-corrected chi connectivity index (χ2v) is 6.57. The summed E-state index contributed by atoms with van der Waals surface area (Å²) in [5.74, 6) is 5.29. The molecule has 2 atom stereocenters. The highest BCUT2D eigenvalue weighted by molar-refractivity contribution is 7.89. The predicted octanol–water partition coefficient (Wildman–Crippen LogP) is -0.241. The summed E-state index contributed by atoms with van der Waals surface area (Å²) >= 11 is 0. The van der Waals surface area contributed by atoms with Crippen molar-refractivity contribution in [1.29, 1.82) is 0 Å². The molecule has 0 saturated carbocycles. The number of rotatable bonds is 4. The zero-order valence-corrected chi connectivity index (χ0v) is 11.5. The van der Waals surface area contributed by atoms with Gasteiger partial charge in [0.15, 0.2) is 0 Å². The van der Waals surface area contributed by atoms with Crippen molar-refractivity contribution in [3.05, 3.63) is 18.5 Å². The van der Waals surface area contributed by atoms with Crippen LogP contribution in [0.2, 0.25) is 0 Å². The Morgan fingerprint density at radius 3 is 2.95 bits per heavy atom. The Labute approximate surface area is 112 Å². The average Bonchev–Trinajstić information content (AvgIpc) is 2.89. The lowest BCUT2D eigenvalue weighted by atomic mass is 10.0. The molecular weight excluding hydrogens is 268 g/mol. The third kappa shape index (κ3) is 2.71. The lowest BCUT2D eigenvalue weighted by molar-refractivity contribution is 0.133. The number of aliphatic hydroxyl groups excluding tert-OH is 1. The Hall–Kier alpha value is -1.22.